The van der Waals surface area contributed by atoms with Crippen molar-refractivity contribution in [3.63, 3.8) is 0 Å². The highest BCUT2D eigenvalue weighted by atomic mass is 16.2. The normalized spacial score (nSPS) is 11.8. The summed E-state index contributed by atoms with van der Waals surface area (Å²) in [6.45, 7) is 8.68. The molecular formula is C26H30N10O. The fraction of sp³-hybridized carbons (Fsp3) is 0.346. The largest absolute Gasteiger partial charge is 0.335 e. The summed E-state index contributed by atoms with van der Waals surface area (Å²) in [6, 6.07) is 11.8. The van der Waals surface area contributed by atoms with Gasteiger partial charge in [0.05, 0.1) is 12.2 Å². The monoisotopic (exact) mass is 498 g/mol. The number of pyridine rings is 1. The summed E-state index contributed by atoms with van der Waals surface area (Å²) in [7, 11) is 0. The third-order valence-corrected chi connectivity index (χ3v) is 6.29. The summed E-state index contributed by atoms with van der Waals surface area (Å²) in [5, 5.41) is 22.7. The van der Waals surface area contributed by atoms with Gasteiger partial charge in [-0.1, -0.05) is 43.7 Å². The summed E-state index contributed by atoms with van der Waals surface area (Å²) < 4.78 is 5.29. The first-order chi connectivity index (χ1) is 17.9. The molecule has 190 valence electrons. The van der Waals surface area contributed by atoms with Crippen LogP contribution < -0.4 is 5.69 Å². The van der Waals surface area contributed by atoms with Crippen molar-refractivity contribution in [1.29, 1.82) is 0 Å². The first-order valence-electron chi connectivity index (χ1n) is 12.4. The Morgan fingerprint density at radius 2 is 1.84 bits per heavy atom. The minimum atomic E-state index is -0.265. The van der Waals surface area contributed by atoms with Crippen molar-refractivity contribution in [2.24, 2.45) is 0 Å². The van der Waals surface area contributed by atoms with Crippen LogP contribution in [0.2, 0.25) is 0 Å². The lowest BCUT2D eigenvalue weighted by molar-refractivity contribution is 0.389. The minimum Gasteiger partial charge on any atom is -0.294 e. The number of hydrogen-bond donors (Lipinski definition) is 1. The summed E-state index contributed by atoms with van der Waals surface area (Å²) in [5.41, 5.74) is 4.07. The molecule has 0 bridgehead atoms. The highest BCUT2D eigenvalue weighted by Crippen LogP contribution is 2.29. The Labute approximate surface area is 214 Å². The van der Waals surface area contributed by atoms with E-state index in [1.807, 2.05) is 53.4 Å². The molecule has 0 saturated heterocycles. The molecule has 0 fully saturated rings. The summed E-state index contributed by atoms with van der Waals surface area (Å²) in [4.78, 5) is 18.3. The van der Waals surface area contributed by atoms with E-state index in [1.54, 1.807) is 15.5 Å². The van der Waals surface area contributed by atoms with E-state index in [1.165, 1.54) is 0 Å². The predicted molar refractivity (Wildman–Crippen MR) is 139 cm³/mol. The lowest BCUT2D eigenvalue weighted by Crippen LogP contribution is -2.30. The number of unbranched alkanes of at least 4 members (excludes halogenated alkanes) is 1. The molecule has 0 radical (unpaired) electrons. The topological polar surface area (TPSA) is 125 Å². The molecule has 1 aromatic carbocycles. The zero-order valence-corrected chi connectivity index (χ0v) is 21.5. The van der Waals surface area contributed by atoms with Crippen LogP contribution in [-0.2, 0) is 18.5 Å². The maximum Gasteiger partial charge on any atom is 0.335 e. The molecule has 1 N–H and O–H groups in total. The van der Waals surface area contributed by atoms with Gasteiger partial charge in [-0.3, -0.25) is 14.1 Å². The van der Waals surface area contributed by atoms with E-state index in [0.29, 0.717) is 18.3 Å². The van der Waals surface area contributed by atoms with Crippen molar-refractivity contribution >= 4 is 0 Å². The van der Waals surface area contributed by atoms with Gasteiger partial charge in [0.2, 0.25) is 11.8 Å². The molecule has 5 rings (SSSR count). The second-order valence-electron chi connectivity index (χ2n) is 9.95. The van der Waals surface area contributed by atoms with Crippen LogP contribution in [0, 0.1) is 0 Å². The van der Waals surface area contributed by atoms with Gasteiger partial charge in [0.25, 0.3) is 0 Å². The van der Waals surface area contributed by atoms with E-state index in [-0.39, 0.29) is 11.2 Å². The molecule has 0 spiro atoms. The lowest BCUT2D eigenvalue weighted by atomic mass is 10.0. The van der Waals surface area contributed by atoms with E-state index in [2.05, 4.69) is 58.5 Å². The molecule has 4 aromatic heterocycles. The number of tetrazole rings is 1. The van der Waals surface area contributed by atoms with Crippen molar-refractivity contribution in [3.8, 4) is 28.5 Å². The van der Waals surface area contributed by atoms with Crippen LogP contribution in [-0.4, -0.2) is 49.5 Å². The van der Waals surface area contributed by atoms with E-state index in [9.17, 15) is 4.79 Å². The van der Waals surface area contributed by atoms with Gasteiger partial charge in [0, 0.05) is 34.8 Å². The maximum absolute atomic E-state index is 13.6. The Morgan fingerprint density at radius 1 is 1.03 bits per heavy atom. The van der Waals surface area contributed by atoms with Crippen LogP contribution >= 0.6 is 0 Å². The number of H-pyrrole nitrogens is 1. The second kappa shape index (κ2) is 9.92. The van der Waals surface area contributed by atoms with Crippen molar-refractivity contribution in [2.75, 3.05) is 0 Å². The average Bonchev–Trinajstić information content (AvgIpc) is 3.65. The summed E-state index contributed by atoms with van der Waals surface area (Å²) in [5.74, 6) is 1.03. The van der Waals surface area contributed by atoms with Gasteiger partial charge in [-0.2, -0.15) is 5.21 Å². The van der Waals surface area contributed by atoms with Gasteiger partial charge in [0.15, 0.2) is 0 Å². The Morgan fingerprint density at radius 3 is 2.51 bits per heavy atom. The third-order valence-electron chi connectivity index (χ3n) is 6.29. The fourth-order valence-electron chi connectivity index (χ4n) is 4.31. The lowest BCUT2D eigenvalue weighted by Gasteiger charge is -2.21. The minimum absolute atomic E-state index is 0.155. The number of benzene rings is 1. The Kier molecular flexibility index (Phi) is 6.51. The van der Waals surface area contributed by atoms with Crippen molar-refractivity contribution in [2.45, 2.75) is 59.0 Å². The predicted octanol–water partition coefficient (Wildman–Crippen LogP) is 3.62. The Balaban J connectivity index is 1.48. The Bertz CT molecular complexity index is 1540. The summed E-state index contributed by atoms with van der Waals surface area (Å²) in [6.07, 6.45) is 8.17. The van der Waals surface area contributed by atoms with Gasteiger partial charge >= 0.3 is 5.69 Å². The highest BCUT2D eigenvalue weighted by molar-refractivity contribution is 5.79. The number of nitrogens with one attached hydrogen (secondary N) is 1. The first kappa shape index (κ1) is 24.3. The van der Waals surface area contributed by atoms with E-state index in [0.717, 1.165) is 47.3 Å². The molecule has 11 heteroatoms. The molecule has 0 saturated carbocycles. The van der Waals surface area contributed by atoms with Crippen LogP contribution in [0.1, 0.15) is 51.9 Å². The van der Waals surface area contributed by atoms with Gasteiger partial charge in [0.1, 0.15) is 6.33 Å². The molecular weight excluding hydrogens is 468 g/mol. The number of aromatic nitrogens is 10. The highest BCUT2D eigenvalue weighted by Gasteiger charge is 2.22. The molecule has 0 atom stereocenters. The Hall–Kier alpha value is -4.41. The molecule has 0 amide bonds. The molecule has 0 unspecified atom stereocenters. The van der Waals surface area contributed by atoms with Crippen molar-refractivity contribution in [3.05, 3.63) is 77.0 Å². The third kappa shape index (κ3) is 4.84. The molecule has 0 aliphatic rings. The number of hydrogen-bond acceptors (Lipinski definition) is 7. The smallest absolute Gasteiger partial charge is 0.294 e. The van der Waals surface area contributed by atoms with Crippen molar-refractivity contribution in [1.82, 2.24) is 49.5 Å². The number of imidazole rings is 1. The molecule has 0 aliphatic heterocycles. The quantitative estimate of drug-likeness (QED) is 0.346. The van der Waals surface area contributed by atoms with Crippen LogP contribution in [0.25, 0.3) is 28.5 Å². The first-order valence-corrected chi connectivity index (χ1v) is 12.4. The van der Waals surface area contributed by atoms with Gasteiger partial charge in [-0.15, -0.1) is 20.4 Å². The molecule has 4 heterocycles. The van der Waals surface area contributed by atoms with Gasteiger partial charge < -0.3 is 0 Å². The maximum atomic E-state index is 13.6. The standard InChI is InChI=1S/C26H30N10O/c1-5-6-9-20-16-35(24-31-28-17-36(24)26(2,3)4)25(37)34(20)15-19-13-12-18(14-27-19)21-10-7-8-11-22(21)23-29-32-33-30-23/h7-8,10-14,16-17H,5-6,9,15H2,1-4H3,(H,29,30,32,33). The van der Waals surface area contributed by atoms with E-state index in [4.69, 9.17) is 4.98 Å². The number of aromatic amines is 1. The van der Waals surface area contributed by atoms with Crippen LogP contribution in [0.5, 0.6) is 0 Å². The van der Waals surface area contributed by atoms with Gasteiger partial charge in [-0.25, -0.2) is 9.36 Å². The zero-order chi connectivity index (χ0) is 26.0. The van der Waals surface area contributed by atoms with Crippen LogP contribution in [0.4, 0.5) is 0 Å². The van der Waals surface area contributed by atoms with Crippen molar-refractivity contribution < 1.29 is 0 Å². The van der Waals surface area contributed by atoms with Gasteiger partial charge in [-0.05, 0) is 50.5 Å². The van der Waals surface area contributed by atoms with E-state index < -0.39 is 0 Å². The average molecular weight is 499 g/mol. The van der Waals surface area contributed by atoms with Crippen LogP contribution in [0.15, 0.2) is 59.9 Å². The second-order valence-corrected chi connectivity index (χ2v) is 9.95. The number of nitrogens with zero attached hydrogens (tertiary/aromatic N) is 9. The molecule has 5 aromatic rings. The molecule has 0 aliphatic carbocycles. The van der Waals surface area contributed by atoms with E-state index >= 15 is 0 Å². The summed E-state index contributed by atoms with van der Waals surface area (Å²) >= 11 is 0. The fourth-order valence-corrected chi connectivity index (χ4v) is 4.31. The SMILES string of the molecule is CCCCc1cn(-c2nncn2C(C)(C)C)c(=O)n1Cc1ccc(-c2ccccc2-c2nn[nH]n2)cn1. The molecule has 37 heavy (non-hydrogen) atoms. The molecule has 11 nitrogen and oxygen atoms in total. The number of rotatable bonds is 8. The van der Waals surface area contributed by atoms with Crippen LogP contribution in [0.3, 0.4) is 0 Å². The zero-order valence-electron chi connectivity index (χ0n) is 21.5. The number of aryl methyl sites for hydroxylation is 1.